The molecule has 0 aromatic carbocycles. The second-order valence-electron chi connectivity index (χ2n) is 3.94. The van der Waals surface area contributed by atoms with Crippen LogP contribution in [0, 0.1) is 0 Å². The molecular weight excluding hydrogens is 202 g/mol. The highest BCUT2D eigenvalue weighted by Gasteiger charge is 2.20. The van der Waals surface area contributed by atoms with E-state index in [2.05, 4.69) is 10.1 Å². The Balaban J connectivity index is 2.15. The van der Waals surface area contributed by atoms with Gasteiger partial charge in [0.15, 0.2) is 0 Å². The van der Waals surface area contributed by atoms with Gasteiger partial charge in [-0.25, -0.2) is 0 Å². The molecule has 0 saturated carbocycles. The zero-order valence-electron chi connectivity index (χ0n) is 9.18. The molecular formula is C12H13N3O. The van der Waals surface area contributed by atoms with Crippen molar-refractivity contribution in [1.29, 1.82) is 0 Å². The fraction of sp³-hybridized carbons (Fsp3) is 0.333. The Kier molecular flexibility index (Phi) is 2.22. The Morgan fingerprint density at radius 1 is 1.31 bits per heavy atom. The largest absolute Gasteiger partial charge is 0.376 e. The summed E-state index contributed by atoms with van der Waals surface area (Å²) in [5, 5.41) is 4.57. The maximum absolute atomic E-state index is 5.50. The molecule has 0 spiro atoms. The number of hydrogen-bond acceptors (Lipinski definition) is 3. The summed E-state index contributed by atoms with van der Waals surface area (Å²) in [6.45, 7) is 1.46. The molecule has 0 bridgehead atoms. The van der Waals surface area contributed by atoms with Crippen LogP contribution in [-0.2, 0) is 24.8 Å². The lowest BCUT2D eigenvalue weighted by Crippen LogP contribution is -2.11. The molecule has 0 unspecified atom stereocenters. The third-order valence-electron chi connectivity index (χ3n) is 2.96. The van der Waals surface area contributed by atoms with Gasteiger partial charge in [0, 0.05) is 42.7 Å². The van der Waals surface area contributed by atoms with Crippen molar-refractivity contribution in [3.05, 3.63) is 35.8 Å². The Morgan fingerprint density at radius 2 is 2.12 bits per heavy atom. The van der Waals surface area contributed by atoms with Gasteiger partial charge >= 0.3 is 0 Å². The molecule has 4 nitrogen and oxygen atoms in total. The summed E-state index contributed by atoms with van der Waals surface area (Å²) in [5.41, 5.74) is 4.65. The lowest BCUT2D eigenvalue weighted by atomic mass is 10.1. The van der Waals surface area contributed by atoms with E-state index in [-0.39, 0.29) is 0 Å². The molecule has 1 aliphatic heterocycles. The van der Waals surface area contributed by atoms with Crippen molar-refractivity contribution in [1.82, 2.24) is 14.8 Å². The quantitative estimate of drug-likeness (QED) is 0.724. The number of nitrogens with zero attached hydrogens (tertiary/aromatic N) is 3. The predicted molar refractivity (Wildman–Crippen MR) is 59.8 cm³/mol. The smallest absolute Gasteiger partial charge is 0.0982 e. The molecule has 0 atom stereocenters. The number of rotatable bonds is 1. The van der Waals surface area contributed by atoms with E-state index >= 15 is 0 Å². The molecule has 0 saturated heterocycles. The van der Waals surface area contributed by atoms with Crippen LogP contribution >= 0.6 is 0 Å². The molecule has 2 aromatic rings. The van der Waals surface area contributed by atoms with Crippen LogP contribution in [0.15, 0.2) is 24.5 Å². The number of aromatic nitrogens is 3. The summed E-state index contributed by atoms with van der Waals surface area (Å²) in [7, 11) is 1.99. The Morgan fingerprint density at radius 3 is 2.94 bits per heavy atom. The molecule has 4 heteroatoms. The van der Waals surface area contributed by atoms with Crippen LogP contribution in [0.5, 0.6) is 0 Å². The SMILES string of the molecule is Cn1nc(-c2ccncc2)c2c1CCOC2. The van der Waals surface area contributed by atoms with Crippen molar-refractivity contribution in [2.75, 3.05) is 6.61 Å². The third-order valence-corrected chi connectivity index (χ3v) is 2.96. The van der Waals surface area contributed by atoms with Crippen LogP contribution in [0.4, 0.5) is 0 Å². The number of pyridine rings is 1. The summed E-state index contributed by atoms with van der Waals surface area (Å²) in [6, 6.07) is 3.97. The van der Waals surface area contributed by atoms with Gasteiger partial charge in [0.1, 0.15) is 0 Å². The first-order valence-corrected chi connectivity index (χ1v) is 5.39. The maximum atomic E-state index is 5.50. The number of hydrogen-bond donors (Lipinski definition) is 0. The first-order valence-electron chi connectivity index (χ1n) is 5.39. The van der Waals surface area contributed by atoms with Gasteiger partial charge < -0.3 is 4.74 Å². The second kappa shape index (κ2) is 3.72. The first-order chi connectivity index (χ1) is 7.86. The molecule has 0 aliphatic carbocycles. The van der Waals surface area contributed by atoms with Crippen molar-refractivity contribution in [3.63, 3.8) is 0 Å². The highest BCUT2D eigenvalue weighted by atomic mass is 16.5. The molecule has 1 aliphatic rings. The lowest BCUT2D eigenvalue weighted by molar-refractivity contribution is 0.109. The molecule has 82 valence electrons. The molecule has 0 N–H and O–H groups in total. The average molecular weight is 215 g/mol. The van der Waals surface area contributed by atoms with Crippen molar-refractivity contribution in [3.8, 4) is 11.3 Å². The fourth-order valence-corrected chi connectivity index (χ4v) is 2.15. The second-order valence-corrected chi connectivity index (χ2v) is 3.94. The van der Waals surface area contributed by atoms with Crippen molar-refractivity contribution in [2.45, 2.75) is 13.0 Å². The summed E-state index contributed by atoms with van der Waals surface area (Å²) in [5.74, 6) is 0. The summed E-state index contributed by atoms with van der Waals surface area (Å²) in [4.78, 5) is 4.02. The minimum Gasteiger partial charge on any atom is -0.376 e. The summed E-state index contributed by atoms with van der Waals surface area (Å²) < 4.78 is 7.47. The van der Waals surface area contributed by atoms with Gasteiger partial charge in [0.05, 0.1) is 18.9 Å². The maximum Gasteiger partial charge on any atom is 0.0982 e. The molecule has 3 heterocycles. The Bertz CT molecular complexity index is 504. The van der Waals surface area contributed by atoms with Gasteiger partial charge in [0.2, 0.25) is 0 Å². The van der Waals surface area contributed by atoms with Crippen LogP contribution in [0.25, 0.3) is 11.3 Å². The van der Waals surface area contributed by atoms with Gasteiger partial charge in [-0.2, -0.15) is 5.10 Å². The van der Waals surface area contributed by atoms with E-state index in [1.165, 1.54) is 11.3 Å². The van der Waals surface area contributed by atoms with Gasteiger partial charge in [-0.3, -0.25) is 9.67 Å². The van der Waals surface area contributed by atoms with Gasteiger partial charge in [-0.1, -0.05) is 0 Å². The van der Waals surface area contributed by atoms with Gasteiger partial charge in [0.25, 0.3) is 0 Å². The molecule has 3 rings (SSSR count). The predicted octanol–water partition coefficient (Wildman–Crippen LogP) is 1.55. The van der Waals surface area contributed by atoms with E-state index in [1.54, 1.807) is 12.4 Å². The van der Waals surface area contributed by atoms with Crippen LogP contribution in [0.2, 0.25) is 0 Å². The highest BCUT2D eigenvalue weighted by Crippen LogP contribution is 2.27. The topological polar surface area (TPSA) is 39.9 Å². The average Bonchev–Trinajstić information content (AvgIpc) is 2.69. The minimum absolute atomic E-state index is 0.667. The van der Waals surface area contributed by atoms with Gasteiger partial charge in [-0.15, -0.1) is 0 Å². The lowest BCUT2D eigenvalue weighted by Gasteiger charge is -2.13. The monoisotopic (exact) mass is 215 g/mol. The minimum atomic E-state index is 0.667. The van der Waals surface area contributed by atoms with E-state index in [4.69, 9.17) is 4.74 Å². The van der Waals surface area contributed by atoms with Crippen LogP contribution in [0.1, 0.15) is 11.3 Å². The van der Waals surface area contributed by atoms with Crippen molar-refractivity contribution in [2.24, 2.45) is 7.05 Å². The number of aryl methyl sites for hydroxylation is 1. The van der Waals surface area contributed by atoms with E-state index in [1.807, 2.05) is 23.9 Å². The molecule has 0 amide bonds. The standard InChI is InChI=1S/C12H13N3O/c1-15-11-4-7-16-8-10(11)12(14-15)9-2-5-13-6-3-9/h2-3,5-6H,4,7-8H2,1H3. The molecule has 0 fully saturated rings. The Labute approximate surface area is 93.9 Å². The third kappa shape index (κ3) is 1.42. The molecule has 2 aromatic heterocycles. The van der Waals surface area contributed by atoms with Crippen LogP contribution < -0.4 is 0 Å². The van der Waals surface area contributed by atoms with Crippen molar-refractivity contribution < 1.29 is 4.74 Å². The molecule has 0 radical (unpaired) electrons. The fourth-order valence-electron chi connectivity index (χ4n) is 2.15. The molecule has 16 heavy (non-hydrogen) atoms. The number of fused-ring (bicyclic) bond motifs is 1. The number of ether oxygens (including phenoxy) is 1. The highest BCUT2D eigenvalue weighted by molar-refractivity contribution is 5.63. The van der Waals surface area contributed by atoms with Crippen LogP contribution in [-0.4, -0.2) is 21.4 Å². The summed E-state index contributed by atoms with van der Waals surface area (Å²) in [6.07, 6.45) is 4.53. The van der Waals surface area contributed by atoms with Crippen molar-refractivity contribution >= 4 is 0 Å². The zero-order chi connectivity index (χ0) is 11.0. The normalized spacial score (nSPS) is 14.8. The van der Waals surface area contributed by atoms with E-state index in [0.29, 0.717) is 6.61 Å². The van der Waals surface area contributed by atoms with E-state index < -0.39 is 0 Å². The van der Waals surface area contributed by atoms with E-state index in [9.17, 15) is 0 Å². The zero-order valence-corrected chi connectivity index (χ0v) is 9.18. The van der Waals surface area contributed by atoms with E-state index in [0.717, 1.165) is 24.3 Å². The van der Waals surface area contributed by atoms with Crippen LogP contribution in [0.3, 0.4) is 0 Å². The summed E-state index contributed by atoms with van der Waals surface area (Å²) >= 11 is 0. The van der Waals surface area contributed by atoms with Gasteiger partial charge in [-0.05, 0) is 12.1 Å². The Hall–Kier alpha value is -1.68. The first kappa shape index (κ1) is 9.54.